The van der Waals surface area contributed by atoms with Crippen molar-refractivity contribution in [2.45, 2.75) is 0 Å². The number of carboxylic acid groups (broad SMARTS) is 1. The molecule has 1 aromatic heterocycles. The van der Waals surface area contributed by atoms with E-state index in [1.54, 1.807) is 12.1 Å². The average molecular weight is 234 g/mol. The van der Waals surface area contributed by atoms with Gasteiger partial charge < -0.3 is 19.4 Å². The highest BCUT2D eigenvalue weighted by atomic mass is 16.5. The van der Waals surface area contributed by atoms with Gasteiger partial charge in [0.1, 0.15) is 0 Å². The summed E-state index contributed by atoms with van der Waals surface area (Å²) in [5.41, 5.74) is 0.788. The summed E-state index contributed by atoms with van der Waals surface area (Å²) >= 11 is 0. The SMILES string of the molecule is COc1c(O)c(C=CC(=O)O)cc2ccoc12. The van der Waals surface area contributed by atoms with Crippen molar-refractivity contribution in [3.63, 3.8) is 0 Å². The maximum absolute atomic E-state index is 10.4. The molecule has 0 aliphatic heterocycles. The zero-order valence-corrected chi connectivity index (χ0v) is 9.01. The number of fused-ring (bicyclic) bond motifs is 1. The minimum absolute atomic E-state index is 0.146. The van der Waals surface area contributed by atoms with Crippen molar-refractivity contribution in [1.29, 1.82) is 0 Å². The van der Waals surface area contributed by atoms with E-state index in [1.165, 1.54) is 19.4 Å². The van der Waals surface area contributed by atoms with Crippen molar-refractivity contribution < 1.29 is 24.2 Å². The Labute approximate surface area is 96.5 Å². The van der Waals surface area contributed by atoms with Crippen molar-refractivity contribution >= 4 is 23.0 Å². The normalized spacial score (nSPS) is 11.1. The zero-order valence-electron chi connectivity index (χ0n) is 9.01. The Kier molecular flexibility index (Phi) is 2.74. The summed E-state index contributed by atoms with van der Waals surface area (Å²) in [6, 6.07) is 3.32. The molecule has 2 aromatic rings. The van der Waals surface area contributed by atoms with Gasteiger partial charge in [-0.15, -0.1) is 0 Å². The van der Waals surface area contributed by atoms with Gasteiger partial charge in [0.15, 0.2) is 11.3 Å². The molecule has 0 aliphatic carbocycles. The van der Waals surface area contributed by atoms with Crippen molar-refractivity contribution in [2.75, 3.05) is 7.11 Å². The molecule has 5 nitrogen and oxygen atoms in total. The van der Waals surface area contributed by atoms with Gasteiger partial charge in [0.2, 0.25) is 5.75 Å². The first-order chi connectivity index (χ1) is 8.13. The van der Waals surface area contributed by atoms with E-state index in [4.69, 9.17) is 14.3 Å². The minimum Gasteiger partial charge on any atom is -0.504 e. The van der Waals surface area contributed by atoms with E-state index in [0.717, 1.165) is 11.5 Å². The first-order valence-electron chi connectivity index (χ1n) is 4.81. The Balaban J connectivity index is 2.63. The quantitative estimate of drug-likeness (QED) is 0.796. The molecule has 2 rings (SSSR count). The van der Waals surface area contributed by atoms with Gasteiger partial charge in [-0.05, 0) is 18.2 Å². The predicted molar refractivity (Wildman–Crippen MR) is 61.1 cm³/mol. The van der Waals surface area contributed by atoms with Crippen LogP contribution in [0.15, 0.2) is 28.9 Å². The summed E-state index contributed by atoms with van der Waals surface area (Å²) in [5, 5.41) is 19.2. The van der Waals surface area contributed by atoms with E-state index in [1.807, 2.05) is 0 Å². The predicted octanol–water partition coefficient (Wildman–Crippen LogP) is 2.24. The van der Waals surface area contributed by atoms with E-state index >= 15 is 0 Å². The van der Waals surface area contributed by atoms with Crippen LogP contribution in [-0.4, -0.2) is 23.3 Å². The molecular formula is C12H10O5. The van der Waals surface area contributed by atoms with Gasteiger partial charge in [0.05, 0.1) is 13.4 Å². The van der Waals surface area contributed by atoms with Crippen molar-refractivity contribution in [3.05, 3.63) is 30.0 Å². The van der Waals surface area contributed by atoms with Crippen molar-refractivity contribution in [3.8, 4) is 11.5 Å². The summed E-state index contributed by atoms with van der Waals surface area (Å²) in [7, 11) is 1.40. The van der Waals surface area contributed by atoms with E-state index in [2.05, 4.69) is 0 Å². The second kappa shape index (κ2) is 4.21. The molecule has 0 amide bonds. The van der Waals surface area contributed by atoms with Crippen LogP contribution >= 0.6 is 0 Å². The standard InChI is InChI=1S/C12H10O5/c1-16-12-10(15)7(2-3-9(13)14)6-8-4-5-17-11(8)12/h2-6,15H,1H3,(H,13,14). The molecule has 0 radical (unpaired) electrons. The number of carboxylic acids is 1. The largest absolute Gasteiger partial charge is 0.504 e. The van der Waals surface area contributed by atoms with Gasteiger partial charge in [0, 0.05) is 17.0 Å². The van der Waals surface area contributed by atoms with Crippen LogP contribution in [-0.2, 0) is 4.79 Å². The third-order valence-electron chi connectivity index (χ3n) is 2.31. The van der Waals surface area contributed by atoms with Gasteiger partial charge in [0.25, 0.3) is 0 Å². The summed E-state index contributed by atoms with van der Waals surface area (Å²) in [6.07, 6.45) is 3.71. The molecule has 17 heavy (non-hydrogen) atoms. The maximum Gasteiger partial charge on any atom is 0.328 e. The molecule has 1 heterocycles. The van der Waals surface area contributed by atoms with Crippen LogP contribution in [0.5, 0.6) is 11.5 Å². The highest BCUT2D eigenvalue weighted by Crippen LogP contribution is 2.39. The van der Waals surface area contributed by atoms with Gasteiger partial charge in [-0.1, -0.05) is 0 Å². The van der Waals surface area contributed by atoms with Crippen LogP contribution in [0, 0.1) is 0 Å². The van der Waals surface area contributed by atoms with E-state index in [0.29, 0.717) is 11.1 Å². The molecule has 2 N–H and O–H groups in total. The number of aromatic hydroxyl groups is 1. The Morgan fingerprint density at radius 3 is 2.94 bits per heavy atom. The molecule has 5 heteroatoms. The molecule has 0 atom stereocenters. The summed E-state index contributed by atoms with van der Waals surface area (Å²) in [6.45, 7) is 0. The van der Waals surface area contributed by atoms with Crippen LogP contribution in [0.3, 0.4) is 0 Å². The molecule has 0 spiro atoms. The molecule has 88 valence electrons. The summed E-state index contributed by atoms with van der Waals surface area (Å²) in [4.78, 5) is 10.4. The fraction of sp³-hybridized carbons (Fsp3) is 0.0833. The topological polar surface area (TPSA) is 79.9 Å². The number of hydrogen-bond donors (Lipinski definition) is 2. The molecule has 0 fully saturated rings. The molecule has 0 aliphatic rings. The Hall–Kier alpha value is -2.43. The number of methoxy groups -OCH3 is 1. The van der Waals surface area contributed by atoms with Gasteiger partial charge in [-0.3, -0.25) is 0 Å². The summed E-state index contributed by atoms with van der Waals surface area (Å²) in [5.74, 6) is -1.04. The molecule has 0 bridgehead atoms. The third-order valence-corrected chi connectivity index (χ3v) is 2.31. The van der Waals surface area contributed by atoms with E-state index < -0.39 is 5.97 Å². The average Bonchev–Trinajstić information content (AvgIpc) is 2.74. The number of aliphatic carboxylic acids is 1. The van der Waals surface area contributed by atoms with Crippen LogP contribution in [0.1, 0.15) is 5.56 Å². The van der Waals surface area contributed by atoms with Crippen molar-refractivity contribution in [2.24, 2.45) is 0 Å². The summed E-state index contributed by atoms with van der Waals surface area (Å²) < 4.78 is 10.2. The van der Waals surface area contributed by atoms with Crippen LogP contribution < -0.4 is 4.74 Å². The maximum atomic E-state index is 10.4. The zero-order chi connectivity index (χ0) is 12.4. The number of phenols is 1. The lowest BCUT2D eigenvalue weighted by atomic mass is 10.1. The lowest BCUT2D eigenvalue weighted by molar-refractivity contribution is -0.131. The fourth-order valence-electron chi connectivity index (χ4n) is 1.57. The monoisotopic (exact) mass is 234 g/mol. The Morgan fingerprint density at radius 2 is 2.29 bits per heavy atom. The lowest BCUT2D eigenvalue weighted by Gasteiger charge is -2.06. The van der Waals surface area contributed by atoms with E-state index in [-0.39, 0.29) is 11.5 Å². The number of benzene rings is 1. The molecular weight excluding hydrogens is 224 g/mol. The number of furan rings is 1. The minimum atomic E-state index is -1.09. The van der Waals surface area contributed by atoms with Gasteiger partial charge in [-0.25, -0.2) is 4.79 Å². The molecule has 0 saturated heterocycles. The molecule has 1 aromatic carbocycles. The smallest absolute Gasteiger partial charge is 0.328 e. The highest BCUT2D eigenvalue weighted by Gasteiger charge is 2.14. The second-order valence-electron chi connectivity index (χ2n) is 3.36. The Bertz CT molecular complexity index is 594. The van der Waals surface area contributed by atoms with Gasteiger partial charge in [-0.2, -0.15) is 0 Å². The fourth-order valence-corrected chi connectivity index (χ4v) is 1.57. The van der Waals surface area contributed by atoms with Crippen LogP contribution in [0.4, 0.5) is 0 Å². The Morgan fingerprint density at radius 1 is 1.53 bits per heavy atom. The van der Waals surface area contributed by atoms with E-state index in [9.17, 15) is 9.90 Å². The number of hydrogen-bond acceptors (Lipinski definition) is 4. The first-order valence-corrected chi connectivity index (χ1v) is 4.81. The number of phenolic OH excluding ortho intramolecular Hbond substituents is 1. The van der Waals surface area contributed by atoms with Crippen LogP contribution in [0.25, 0.3) is 17.0 Å². The number of carbonyl (C=O) groups is 1. The second-order valence-corrected chi connectivity index (χ2v) is 3.36. The van der Waals surface area contributed by atoms with Gasteiger partial charge >= 0.3 is 5.97 Å². The van der Waals surface area contributed by atoms with Crippen molar-refractivity contribution in [1.82, 2.24) is 0 Å². The van der Waals surface area contributed by atoms with Crippen LogP contribution in [0.2, 0.25) is 0 Å². The first kappa shape index (κ1) is 11.1. The number of ether oxygens (including phenoxy) is 1. The number of rotatable bonds is 3. The molecule has 0 unspecified atom stereocenters. The third kappa shape index (κ3) is 1.94. The molecule has 0 saturated carbocycles. The highest BCUT2D eigenvalue weighted by molar-refractivity contribution is 5.92. The lowest BCUT2D eigenvalue weighted by Crippen LogP contribution is -1.89.